The average molecular weight is 430 g/mol. The van der Waals surface area contributed by atoms with Crippen LogP contribution in [0.15, 0.2) is 29.2 Å². The minimum absolute atomic E-state index is 0.00304. The third-order valence-corrected chi connectivity index (χ3v) is 5.77. The SMILES string of the molecule is CCc1cn2nc(CC3(F)CCN(c4ccc(C(=O)NC)nc4F)CC3)cc2[nH]c1=O. The first-order valence-corrected chi connectivity index (χ1v) is 10.2. The van der Waals surface area contributed by atoms with Crippen LogP contribution >= 0.6 is 0 Å². The molecule has 4 heterocycles. The van der Waals surface area contributed by atoms with Crippen LogP contribution in [0.3, 0.4) is 0 Å². The van der Waals surface area contributed by atoms with Crippen molar-refractivity contribution >= 4 is 17.2 Å². The molecule has 0 atom stereocenters. The molecule has 1 aliphatic heterocycles. The van der Waals surface area contributed by atoms with Gasteiger partial charge in [0.25, 0.3) is 11.5 Å². The lowest BCUT2D eigenvalue weighted by Gasteiger charge is -2.37. The second-order valence-electron chi connectivity index (χ2n) is 7.83. The lowest BCUT2D eigenvalue weighted by atomic mass is 9.88. The number of aromatic amines is 1. The topological polar surface area (TPSA) is 95.4 Å². The van der Waals surface area contributed by atoms with E-state index in [1.165, 1.54) is 19.2 Å². The maximum Gasteiger partial charge on any atom is 0.269 e. The number of halogens is 2. The normalized spacial score (nSPS) is 15.9. The number of pyridine rings is 1. The molecule has 0 unspecified atom stereocenters. The lowest BCUT2D eigenvalue weighted by Crippen LogP contribution is -2.43. The van der Waals surface area contributed by atoms with Crippen molar-refractivity contribution in [2.24, 2.45) is 0 Å². The summed E-state index contributed by atoms with van der Waals surface area (Å²) in [6.07, 6.45) is 2.77. The summed E-state index contributed by atoms with van der Waals surface area (Å²) in [6, 6.07) is 4.65. The number of H-pyrrole nitrogens is 1. The maximum atomic E-state index is 15.5. The Morgan fingerprint density at radius 2 is 2.06 bits per heavy atom. The summed E-state index contributed by atoms with van der Waals surface area (Å²) < 4.78 is 31.5. The molecule has 1 aliphatic rings. The molecule has 0 radical (unpaired) electrons. The smallest absolute Gasteiger partial charge is 0.269 e. The molecule has 0 bridgehead atoms. The van der Waals surface area contributed by atoms with Crippen molar-refractivity contribution < 1.29 is 13.6 Å². The lowest BCUT2D eigenvalue weighted by molar-refractivity contribution is 0.0957. The van der Waals surface area contributed by atoms with Crippen molar-refractivity contribution in [2.45, 2.75) is 38.3 Å². The fourth-order valence-corrected chi connectivity index (χ4v) is 3.94. The largest absolute Gasteiger partial charge is 0.368 e. The highest BCUT2D eigenvalue weighted by atomic mass is 19.1. The van der Waals surface area contributed by atoms with E-state index in [2.05, 4.69) is 20.4 Å². The molecule has 10 heteroatoms. The van der Waals surface area contributed by atoms with Crippen LogP contribution in [0.5, 0.6) is 0 Å². The summed E-state index contributed by atoms with van der Waals surface area (Å²) in [5, 5.41) is 6.81. The van der Waals surface area contributed by atoms with Gasteiger partial charge in [-0.25, -0.2) is 13.9 Å². The molecule has 31 heavy (non-hydrogen) atoms. The minimum Gasteiger partial charge on any atom is -0.368 e. The Bertz CT molecular complexity index is 1180. The Hall–Kier alpha value is -3.30. The summed E-state index contributed by atoms with van der Waals surface area (Å²) in [4.78, 5) is 31.8. The molecular formula is C21H24F2N6O2. The number of fused-ring (bicyclic) bond motifs is 1. The van der Waals surface area contributed by atoms with Crippen LogP contribution in [-0.4, -0.2) is 51.3 Å². The maximum absolute atomic E-state index is 15.5. The van der Waals surface area contributed by atoms with E-state index in [1.54, 1.807) is 21.7 Å². The summed E-state index contributed by atoms with van der Waals surface area (Å²) in [7, 11) is 1.45. The molecular weight excluding hydrogens is 406 g/mol. The summed E-state index contributed by atoms with van der Waals surface area (Å²) in [5.41, 5.74) is 0.314. The van der Waals surface area contributed by atoms with Gasteiger partial charge >= 0.3 is 0 Å². The Kier molecular flexibility index (Phi) is 5.47. The van der Waals surface area contributed by atoms with Crippen molar-refractivity contribution in [1.82, 2.24) is 24.9 Å². The first-order chi connectivity index (χ1) is 14.8. The van der Waals surface area contributed by atoms with E-state index in [-0.39, 0.29) is 36.2 Å². The number of rotatable bonds is 5. The molecule has 1 saturated heterocycles. The standard InChI is InChI=1S/C21H24F2N6O2/c1-3-13-12-29-17(26-19(13)30)10-14(27-29)11-21(23)6-8-28(9-7-21)16-5-4-15(20(31)24-2)25-18(16)22/h4-5,10,12H,3,6-9,11H2,1-2H3,(H,24,31)(H,26,30). The van der Waals surface area contributed by atoms with Crippen molar-refractivity contribution in [3.8, 4) is 0 Å². The van der Waals surface area contributed by atoms with Gasteiger partial charge in [-0.1, -0.05) is 6.92 Å². The zero-order chi connectivity index (χ0) is 22.2. The molecule has 0 spiro atoms. The van der Waals surface area contributed by atoms with Crippen LogP contribution in [0.1, 0.15) is 41.5 Å². The first kappa shape index (κ1) is 21.0. The molecule has 2 N–H and O–H groups in total. The quantitative estimate of drug-likeness (QED) is 0.604. The van der Waals surface area contributed by atoms with E-state index in [4.69, 9.17) is 0 Å². The van der Waals surface area contributed by atoms with Crippen molar-refractivity contribution in [3.05, 3.63) is 57.6 Å². The van der Waals surface area contributed by atoms with E-state index < -0.39 is 17.5 Å². The molecule has 1 amide bonds. The molecule has 0 aliphatic carbocycles. The van der Waals surface area contributed by atoms with Crippen LogP contribution in [0.2, 0.25) is 0 Å². The highest BCUT2D eigenvalue weighted by molar-refractivity contribution is 5.92. The predicted octanol–water partition coefficient (Wildman–Crippen LogP) is 2.03. The summed E-state index contributed by atoms with van der Waals surface area (Å²) in [5.74, 6) is -1.21. The van der Waals surface area contributed by atoms with E-state index in [0.29, 0.717) is 36.4 Å². The highest BCUT2D eigenvalue weighted by Gasteiger charge is 2.36. The van der Waals surface area contributed by atoms with Crippen LogP contribution < -0.4 is 15.8 Å². The van der Waals surface area contributed by atoms with Gasteiger partial charge in [0.05, 0.1) is 11.4 Å². The molecule has 1 fully saturated rings. The monoisotopic (exact) mass is 430 g/mol. The van der Waals surface area contributed by atoms with E-state index in [1.807, 2.05) is 6.92 Å². The molecule has 3 aromatic heterocycles. The molecule has 0 saturated carbocycles. The van der Waals surface area contributed by atoms with E-state index in [9.17, 15) is 14.0 Å². The molecule has 8 nitrogen and oxygen atoms in total. The van der Waals surface area contributed by atoms with Crippen molar-refractivity contribution in [2.75, 3.05) is 25.0 Å². The van der Waals surface area contributed by atoms with Crippen LogP contribution in [0.25, 0.3) is 5.65 Å². The summed E-state index contributed by atoms with van der Waals surface area (Å²) in [6.45, 7) is 2.52. The average Bonchev–Trinajstić information content (AvgIpc) is 3.13. The van der Waals surface area contributed by atoms with Crippen molar-refractivity contribution in [3.63, 3.8) is 0 Å². The van der Waals surface area contributed by atoms with Crippen LogP contribution in [0, 0.1) is 5.95 Å². The van der Waals surface area contributed by atoms with Gasteiger partial charge in [0, 0.05) is 44.4 Å². The number of aromatic nitrogens is 4. The first-order valence-electron chi connectivity index (χ1n) is 10.2. The molecule has 3 aromatic rings. The van der Waals surface area contributed by atoms with Crippen LogP contribution in [-0.2, 0) is 12.8 Å². The van der Waals surface area contributed by atoms with Crippen LogP contribution in [0.4, 0.5) is 14.5 Å². The molecule has 164 valence electrons. The second-order valence-corrected chi connectivity index (χ2v) is 7.83. The van der Waals surface area contributed by atoms with Gasteiger partial charge in [0.1, 0.15) is 17.0 Å². The van der Waals surface area contributed by atoms with Gasteiger partial charge in [0.15, 0.2) is 0 Å². The number of nitrogens with one attached hydrogen (secondary N) is 2. The minimum atomic E-state index is -1.48. The predicted molar refractivity (Wildman–Crippen MR) is 112 cm³/mol. The zero-order valence-electron chi connectivity index (χ0n) is 17.4. The third-order valence-electron chi connectivity index (χ3n) is 5.77. The number of carbonyl (C=O) groups excluding carboxylic acids is 1. The third kappa shape index (κ3) is 4.14. The number of hydrogen-bond acceptors (Lipinski definition) is 5. The number of nitrogens with zero attached hydrogens (tertiary/aromatic N) is 4. The number of aryl methyl sites for hydroxylation is 1. The van der Waals surface area contributed by atoms with E-state index in [0.717, 1.165) is 0 Å². The Balaban J connectivity index is 1.46. The van der Waals surface area contributed by atoms with Gasteiger partial charge in [-0.05, 0) is 31.4 Å². The van der Waals surface area contributed by atoms with E-state index >= 15 is 4.39 Å². The van der Waals surface area contributed by atoms with Gasteiger partial charge < -0.3 is 15.2 Å². The van der Waals surface area contributed by atoms with Gasteiger partial charge in [0.2, 0.25) is 5.95 Å². The van der Waals surface area contributed by atoms with Gasteiger partial charge in [-0.2, -0.15) is 9.49 Å². The van der Waals surface area contributed by atoms with Crippen molar-refractivity contribution in [1.29, 1.82) is 0 Å². The number of carbonyl (C=O) groups is 1. The Labute approximate surface area is 177 Å². The molecule has 0 aromatic carbocycles. The number of piperidine rings is 1. The number of hydrogen-bond donors (Lipinski definition) is 2. The van der Waals surface area contributed by atoms with Gasteiger partial charge in [-0.3, -0.25) is 9.59 Å². The number of amides is 1. The fraction of sp³-hybridized carbons (Fsp3) is 0.429. The zero-order valence-corrected chi connectivity index (χ0v) is 17.4. The molecule has 4 rings (SSSR count). The summed E-state index contributed by atoms with van der Waals surface area (Å²) >= 11 is 0. The highest BCUT2D eigenvalue weighted by Crippen LogP contribution is 2.33. The van der Waals surface area contributed by atoms with Gasteiger partial charge in [-0.15, -0.1) is 0 Å². The number of alkyl halides is 1. The Morgan fingerprint density at radius 1 is 1.32 bits per heavy atom. The second kappa shape index (κ2) is 8.09. The number of anilines is 1. The Morgan fingerprint density at radius 3 is 2.71 bits per heavy atom. The fourth-order valence-electron chi connectivity index (χ4n) is 3.94.